The van der Waals surface area contributed by atoms with Gasteiger partial charge >= 0.3 is 6.18 Å². The highest BCUT2D eigenvalue weighted by Crippen LogP contribution is 2.46. The molecule has 1 atom stereocenters. The number of halogens is 3. The molecule has 0 fully saturated rings. The molecule has 0 saturated heterocycles. The van der Waals surface area contributed by atoms with Crippen molar-refractivity contribution in [2.75, 3.05) is 13.1 Å². The van der Waals surface area contributed by atoms with Crippen molar-refractivity contribution >= 4 is 22.8 Å². The van der Waals surface area contributed by atoms with Gasteiger partial charge in [0.05, 0.1) is 16.8 Å². The van der Waals surface area contributed by atoms with Gasteiger partial charge in [-0.1, -0.05) is 12.1 Å². The van der Waals surface area contributed by atoms with E-state index in [2.05, 4.69) is 4.99 Å². The van der Waals surface area contributed by atoms with E-state index in [-0.39, 0.29) is 28.0 Å². The lowest BCUT2D eigenvalue weighted by Gasteiger charge is -2.35. The number of rotatable bonds is 5. The smallest absolute Gasteiger partial charge is 0.416 e. The third-order valence-electron chi connectivity index (χ3n) is 5.83. The van der Waals surface area contributed by atoms with E-state index in [1.54, 1.807) is 28.9 Å². The molecule has 0 radical (unpaired) electrons. The number of amides is 1. The fourth-order valence-corrected chi connectivity index (χ4v) is 4.98. The summed E-state index contributed by atoms with van der Waals surface area (Å²) in [7, 11) is 0. The van der Waals surface area contributed by atoms with Gasteiger partial charge < -0.3 is 15.1 Å². The lowest BCUT2D eigenvalue weighted by molar-refractivity contribution is -0.137. The standard InChI is InChI=1S/C24H22F3N5O2S/c1-4-31(5-2)22(33)19-13(3)30-23-32(21(29)18(12-28)35-23)20(19)17-10-9-16(34-17)14-7-6-8-15(11-14)24(25,26)27/h6-11,20H,4-5,29H2,1-3H3/t20-/m0/s1. The number of fused-ring (bicyclic) bond motifs is 1. The largest absolute Gasteiger partial charge is 0.458 e. The van der Waals surface area contributed by atoms with Crippen molar-refractivity contribution in [3.8, 4) is 17.4 Å². The maximum Gasteiger partial charge on any atom is 0.416 e. The lowest BCUT2D eigenvalue weighted by atomic mass is 9.98. The van der Waals surface area contributed by atoms with E-state index in [0.717, 1.165) is 23.9 Å². The minimum atomic E-state index is -4.50. The van der Waals surface area contributed by atoms with Gasteiger partial charge in [-0.15, -0.1) is 0 Å². The van der Waals surface area contributed by atoms with Crippen LogP contribution in [0, 0.1) is 11.3 Å². The molecule has 3 heterocycles. The van der Waals surface area contributed by atoms with Gasteiger partial charge in [0.2, 0.25) is 0 Å². The first-order valence-electron chi connectivity index (χ1n) is 10.8. The predicted octanol–water partition coefficient (Wildman–Crippen LogP) is 5.22. The Balaban J connectivity index is 1.84. The van der Waals surface area contributed by atoms with Gasteiger partial charge in [-0.2, -0.15) is 18.4 Å². The summed E-state index contributed by atoms with van der Waals surface area (Å²) < 4.78 is 45.7. The molecular weight excluding hydrogens is 479 g/mol. The molecule has 0 aliphatic carbocycles. The summed E-state index contributed by atoms with van der Waals surface area (Å²) in [6.45, 7) is 6.34. The number of thioether (sulfide) groups is 1. The van der Waals surface area contributed by atoms with Crippen LogP contribution in [0.1, 0.15) is 38.1 Å². The van der Waals surface area contributed by atoms with E-state index in [4.69, 9.17) is 10.2 Å². The SMILES string of the molecule is CCN(CC)C(=O)C1=C(C)N=C2SC(C#N)=C(N)N2[C@H]1c1ccc(-c2cccc(C(F)(F)F)c2)o1. The van der Waals surface area contributed by atoms with Gasteiger partial charge in [0.15, 0.2) is 5.17 Å². The highest BCUT2D eigenvalue weighted by molar-refractivity contribution is 8.17. The van der Waals surface area contributed by atoms with Gasteiger partial charge in [-0.05, 0) is 56.8 Å². The minimum Gasteiger partial charge on any atom is -0.458 e. The Labute approximate surface area is 204 Å². The number of allylic oxidation sites excluding steroid dienone is 2. The van der Waals surface area contributed by atoms with E-state index < -0.39 is 17.8 Å². The quantitative estimate of drug-likeness (QED) is 0.603. The third kappa shape index (κ3) is 4.30. The van der Waals surface area contributed by atoms with Crippen LogP contribution in [-0.2, 0) is 11.0 Å². The summed E-state index contributed by atoms with van der Waals surface area (Å²) in [5.74, 6) is 0.371. The van der Waals surface area contributed by atoms with Gasteiger partial charge in [-0.25, -0.2) is 4.99 Å². The van der Waals surface area contributed by atoms with Gasteiger partial charge in [0.25, 0.3) is 5.91 Å². The molecule has 1 aromatic heterocycles. The molecule has 0 saturated carbocycles. The first-order chi connectivity index (χ1) is 16.6. The molecule has 0 spiro atoms. The van der Waals surface area contributed by atoms with Crippen molar-refractivity contribution < 1.29 is 22.4 Å². The van der Waals surface area contributed by atoms with Gasteiger partial charge in [0.1, 0.15) is 34.4 Å². The van der Waals surface area contributed by atoms with Crippen molar-refractivity contribution in [1.29, 1.82) is 5.26 Å². The molecule has 1 amide bonds. The average Bonchev–Trinajstić information content (AvgIpc) is 3.43. The number of aliphatic imine (C=N–C) groups is 1. The molecule has 2 aliphatic rings. The average molecular weight is 502 g/mol. The van der Waals surface area contributed by atoms with Crippen LogP contribution in [0.3, 0.4) is 0 Å². The van der Waals surface area contributed by atoms with Crippen molar-refractivity contribution in [3.05, 3.63) is 69.7 Å². The van der Waals surface area contributed by atoms with Crippen LogP contribution in [-0.4, -0.2) is 34.0 Å². The number of nitriles is 1. The number of hydrogen-bond acceptors (Lipinski definition) is 7. The first kappa shape index (κ1) is 24.5. The van der Waals surface area contributed by atoms with E-state index in [1.165, 1.54) is 12.1 Å². The second-order valence-electron chi connectivity index (χ2n) is 7.85. The maximum absolute atomic E-state index is 13.5. The number of carbonyl (C=O) groups is 1. The zero-order valence-electron chi connectivity index (χ0n) is 19.2. The Morgan fingerprint density at radius 2 is 2.00 bits per heavy atom. The normalized spacial score (nSPS) is 17.9. The molecule has 2 aliphatic heterocycles. The molecule has 11 heteroatoms. The number of nitrogens with zero attached hydrogens (tertiary/aromatic N) is 4. The van der Waals surface area contributed by atoms with Crippen molar-refractivity contribution in [3.63, 3.8) is 0 Å². The topological polar surface area (TPSA) is 98.9 Å². The Morgan fingerprint density at radius 3 is 2.63 bits per heavy atom. The fraction of sp³-hybridized carbons (Fsp3) is 0.292. The van der Waals surface area contributed by atoms with Crippen LogP contribution < -0.4 is 5.73 Å². The van der Waals surface area contributed by atoms with Crippen LogP contribution in [0.2, 0.25) is 0 Å². The molecule has 2 aromatic rings. The zero-order valence-corrected chi connectivity index (χ0v) is 20.0. The summed E-state index contributed by atoms with van der Waals surface area (Å²) in [5.41, 5.74) is 6.50. The van der Waals surface area contributed by atoms with E-state index >= 15 is 0 Å². The number of amidine groups is 1. The number of carbonyl (C=O) groups excluding carboxylic acids is 1. The van der Waals surface area contributed by atoms with Crippen molar-refractivity contribution in [2.24, 2.45) is 10.7 Å². The Kier molecular flexibility index (Phi) is 6.42. The third-order valence-corrected chi connectivity index (χ3v) is 6.80. The minimum absolute atomic E-state index is 0.135. The second-order valence-corrected chi connectivity index (χ2v) is 8.83. The van der Waals surface area contributed by atoms with E-state index in [1.807, 2.05) is 19.9 Å². The van der Waals surface area contributed by atoms with Gasteiger partial charge in [0, 0.05) is 18.7 Å². The molecule has 2 N–H and O–H groups in total. The number of alkyl halides is 3. The van der Waals surface area contributed by atoms with Crippen LogP contribution in [0.4, 0.5) is 13.2 Å². The molecular formula is C24H22F3N5O2S. The number of benzene rings is 1. The molecule has 7 nitrogen and oxygen atoms in total. The summed E-state index contributed by atoms with van der Waals surface area (Å²) in [6, 6.07) is 9.18. The van der Waals surface area contributed by atoms with E-state index in [9.17, 15) is 23.2 Å². The molecule has 0 bridgehead atoms. The first-order valence-corrected chi connectivity index (χ1v) is 11.6. The monoisotopic (exact) mass is 501 g/mol. The fourth-order valence-electron chi connectivity index (χ4n) is 4.07. The van der Waals surface area contributed by atoms with Gasteiger partial charge in [-0.3, -0.25) is 9.69 Å². The summed E-state index contributed by atoms with van der Waals surface area (Å²) in [6.07, 6.45) is -4.50. The van der Waals surface area contributed by atoms with Crippen LogP contribution in [0.15, 0.2) is 67.8 Å². The zero-order chi connectivity index (χ0) is 25.5. The van der Waals surface area contributed by atoms with E-state index in [0.29, 0.717) is 35.3 Å². The predicted molar refractivity (Wildman–Crippen MR) is 126 cm³/mol. The Hall–Kier alpha value is -3.65. The van der Waals surface area contributed by atoms with Crippen LogP contribution >= 0.6 is 11.8 Å². The molecule has 4 rings (SSSR count). The highest BCUT2D eigenvalue weighted by atomic mass is 32.2. The Bertz CT molecular complexity index is 1310. The summed E-state index contributed by atoms with van der Waals surface area (Å²) in [4.78, 5) is 21.5. The Morgan fingerprint density at radius 1 is 1.29 bits per heavy atom. The van der Waals surface area contributed by atoms with Crippen LogP contribution in [0.25, 0.3) is 11.3 Å². The van der Waals surface area contributed by atoms with Crippen molar-refractivity contribution in [2.45, 2.75) is 33.0 Å². The number of nitrogens with two attached hydrogens (primary N) is 1. The molecule has 35 heavy (non-hydrogen) atoms. The number of hydrogen-bond donors (Lipinski definition) is 1. The molecule has 0 unspecified atom stereocenters. The van der Waals surface area contributed by atoms with Crippen LogP contribution in [0.5, 0.6) is 0 Å². The summed E-state index contributed by atoms with van der Waals surface area (Å²) in [5, 5.41) is 9.92. The molecule has 182 valence electrons. The summed E-state index contributed by atoms with van der Waals surface area (Å²) >= 11 is 1.09. The number of likely N-dealkylation sites (N-methyl/N-ethyl adjacent to an activating group) is 1. The lowest BCUT2D eigenvalue weighted by Crippen LogP contribution is -2.42. The number of furan rings is 1. The molecule has 1 aromatic carbocycles. The highest BCUT2D eigenvalue weighted by Gasteiger charge is 2.44. The maximum atomic E-state index is 13.5. The second kappa shape index (κ2) is 9.19. The van der Waals surface area contributed by atoms with Crippen molar-refractivity contribution in [1.82, 2.24) is 9.80 Å².